The van der Waals surface area contributed by atoms with E-state index >= 15 is 0 Å². The molecule has 3 aromatic rings. The number of hydrogen-bond donors (Lipinski definition) is 2. The molecule has 0 saturated heterocycles. The molecule has 0 fully saturated rings. The zero-order valence-corrected chi connectivity index (χ0v) is 14.8. The summed E-state index contributed by atoms with van der Waals surface area (Å²) in [6, 6.07) is 14.8. The molecule has 0 unspecified atom stereocenters. The highest BCUT2D eigenvalue weighted by atomic mass is 35.5. The lowest BCUT2D eigenvalue weighted by Crippen LogP contribution is -2.19. The third kappa shape index (κ3) is 3.73. The first kappa shape index (κ1) is 17.2. The van der Waals surface area contributed by atoms with Gasteiger partial charge < -0.3 is 0 Å². The second-order valence-electron chi connectivity index (χ2n) is 5.27. The van der Waals surface area contributed by atoms with Crippen molar-refractivity contribution in [3.05, 3.63) is 75.4 Å². The summed E-state index contributed by atoms with van der Waals surface area (Å²) in [7, 11) is 0. The van der Waals surface area contributed by atoms with Crippen molar-refractivity contribution in [2.75, 3.05) is 0 Å². The molecule has 0 aliphatic rings. The summed E-state index contributed by atoms with van der Waals surface area (Å²) in [5.41, 5.74) is 5.74. The molecule has 0 spiro atoms. The topological polar surface area (TPSA) is 70.1 Å². The minimum atomic E-state index is -0.397. The van der Waals surface area contributed by atoms with Crippen LogP contribution in [-0.4, -0.2) is 22.3 Å². The maximum atomic E-state index is 12.3. The van der Waals surface area contributed by atoms with Crippen LogP contribution < -0.4 is 5.43 Å². The van der Waals surface area contributed by atoms with E-state index in [0.29, 0.717) is 21.3 Å². The molecule has 0 saturated carbocycles. The molecule has 7 heteroatoms. The Morgan fingerprint density at radius 2 is 1.80 bits per heavy atom. The Kier molecular flexibility index (Phi) is 5.16. The van der Waals surface area contributed by atoms with Crippen LogP contribution in [0.3, 0.4) is 0 Å². The van der Waals surface area contributed by atoms with Gasteiger partial charge in [0.25, 0.3) is 5.91 Å². The standard InChI is InChI=1S/C18H14Cl2N4O/c1-11-16(12-6-3-2-4-7-12)22-23-17(11)18(25)24-21-10-13-14(19)8-5-9-15(13)20/h2-10H,1H3,(H,22,23)(H,24,25)/b21-10-. The Balaban J connectivity index is 1.77. The highest BCUT2D eigenvalue weighted by Gasteiger charge is 2.16. The highest BCUT2D eigenvalue weighted by molar-refractivity contribution is 6.38. The number of aromatic amines is 1. The van der Waals surface area contributed by atoms with Crippen LogP contribution in [0.1, 0.15) is 21.6 Å². The van der Waals surface area contributed by atoms with Gasteiger partial charge in [0.05, 0.1) is 22.0 Å². The minimum absolute atomic E-state index is 0.348. The van der Waals surface area contributed by atoms with Crippen LogP contribution in [0.25, 0.3) is 11.3 Å². The van der Waals surface area contributed by atoms with Gasteiger partial charge in [-0.3, -0.25) is 9.89 Å². The van der Waals surface area contributed by atoms with Gasteiger partial charge in [-0.1, -0.05) is 59.6 Å². The number of carbonyl (C=O) groups excluding carboxylic acids is 1. The summed E-state index contributed by atoms with van der Waals surface area (Å²) in [6.07, 6.45) is 1.41. The number of benzene rings is 2. The van der Waals surface area contributed by atoms with E-state index in [9.17, 15) is 4.79 Å². The third-order valence-corrected chi connectivity index (χ3v) is 4.30. The largest absolute Gasteiger partial charge is 0.289 e. The fourth-order valence-corrected chi connectivity index (χ4v) is 2.84. The van der Waals surface area contributed by atoms with E-state index in [-0.39, 0.29) is 0 Å². The number of amides is 1. The lowest BCUT2D eigenvalue weighted by atomic mass is 10.1. The van der Waals surface area contributed by atoms with E-state index in [1.54, 1.807) is 18.2 Å². The van der Waals surface area contributed by atoms with Crippen LogP contribution in [0, 0.1) is 6.92 Å². The molecule has 3 rings (SSSR count). The van der Waals surface area contributed by atoms with Crippen molar-refractivity contribution in [1.29, 1.82) is 0 Å². The Morgan fingerprint density at radius 3 is 2.48 bits per heavy atom. The van der Waals surface area contributed by atoms with Crippen molar-refractivity contribution in [1.82, 2.24) is 15.6 Å². The molecule has 1 amide bonds. The zero-order valence-electron chi connectivity index (χ0n) is 13.3. The first-order valence-corrected chi connectivity index (χ1v) is 8.21. The number of nitrogens with one attached hydrogen (secondary N) is 2. The van der Waals surface area contributed by atoms with E-state index in [1.165, 1.54) is 6.21 Å². The van der Waals surface area contributed by atoms with Crippen LogP contribution >= 0.6 is 23.2 Å². The molecule has 25 heavy (non-hydrogen) atoms. The monoisotopic (exact) mass is 372 g/mol. The van der Waals surface area contributed by atoms with Crippen LogP contribution in [0.2, 0.25) is 10.0 Å². The quantitative estimate of drug-likeness (QED) is 0.524. The van der Waals surface area contributed by atoms with Crippen molar-refractivity contribution in [3.63, 3.8) is 0 Å². The summed E-state index contributed by atoms with van der Waals surface area (Å²) in [6.45, 7) is 1.83. The van der Waals surface area contributed by atoms with Gasteiger partial charge in [0.2, 0.25) is 0 Å². The number of aromatic nitrogens is 2. The van der Waals surface area contributed by atoms with Crippen molar-refractivity contribution < 1.29 is 4.79 Å². The molecule has 1 aromatic heterocycles. The fourth-order valence-electron chi connectivity index (χ4n) is 2.34. The van der Waals surface area contributed by atoms with Gasteiger partial charge in [0.1, 0.15) is 5.69 Å². The number of carbonyl (C=O) groups is 1. The lowest BCUT2D eigenvalue weighted by Gasteiger charge is -2.02. The first-order chi connectivity index (χ1) is 12.1. The minimum Gasteiger partial charge on any atom is -0.272 e. The van der Waals surface area contributed by atoms with Gasteiger partial charge in [-0.2, -0.15) is 10.2 Å². The molecule has 0 aliphatic carbocycles. The maximum Gasteiger partial charge on any atom is 0.289 e. The number of H-pyrrole nitrogens is 1. The normalized spacial score (nSPS) is 11.0. The second kappa shape index (κ2) is 7.51. The zero-order chi connectivity index (χ0) is 17.8. The molecule has 0 aliphatic heterocycles. The summed E-state index contributed by atoms with van der Waals surface area (Å²) in [4.78, 5) is 12.3. The molecule has 0 bridgehead atoms. The molecule has 2 N–H and O–H groups in total. The van der Waals surface area contributed by atoms with Crippen molar-refractivity contribution in [2.45, 2.75) is 6.92 Å². The summed E-state index contributed by atoms with van der Waals surface area (Å²) >= 11 is 12.1. The Bertz CT molecular complexity index is 915. The average molecular weight is 373 g/mol. The molecular formula is C18H14Cl2N4O. The van der Waals surface area contributed by atoms with Crippen molar-refractivity contribution in [3.8, 4) is 11.3 Å². The summed E-state index contributed by atoms with van der Waals surface area (Å²) in [5.74, 6) is -0.397. The average Bonchev–Trinajstić information content (AvgIpc) is 3.00. The first-order valence-electron chi connectivity index (χ1n) is 7.45. The second-order valence-corrected chi connectivity index (χ2v) is 6.09. The molecular weight excluding hydrogens is 359 g/mol. The number of hydrogen-bond acceptors (Lipinski definition) is 3. The van der Waals surface area contributed by atoms with Crippen LogP contribution in [0.4, 0.5) is 0 Å². The predicted octanol–water partition coefficient (Wildman–Crippen LogP) is 4.46. The summed E-state index contributed by atoms with van der Waals surface area (Å²) in [5, 5.41) is 11.8. The van der Waals surface area contributed by atoms with E-state index in [4.69, 9.17) is 23.2 Å². The van der Waals surface area contributed by atoms with Crippen LogP contribution in [0.5, 0.6) is 0 Å². The predicted molar refractivity (Wildman–Crippen MR) is 100 cm³/mol. The SMILES string of the molecule is Cc1c(-c2ccccc2)n[nH]c1C(=O)N/N=C\c1c(Cl)cccc1Cl. The Hall–Kier alpha value is -2.63. The van der Waals surface area contributed by atoms with Gasteiger partial charge in [-0.05, 0) is 19.1 Å². The van der Waals surface area contributed by atoms with Gasteiger partial charge in [-0.25, -0.2) is 5.43 Å². The van der Waals surface area contributed by atoms with Crippen LogP contribution in [-0.2, 0) is 0 Å². The van der Waals surface area contributed by atoms with E-state index < -0.39 is 5.91 Å². The Labute approximate surface area is 154 Å². The van der Waals surface area contributed by atoms with Gasteiger partial charge in [0, 0.05) is 16.7 Å². The van der Waals surface area contributed by atoms with Crippen molar-refractivity contribution in [2.24, 2.45) is 5.10 Å². The number of nitrogens with zero attached hydrogens (tertiary/aromatic N) is 2. The lowest BCUT2D eigenvalue weighted by molar-refractivity contribution is 0.0949. The molecule has 0 radical (unpaired) electrons. The number of halogens is 2. The van der Waals surface area contributed by atoms with E-state index in [0.717, 1.165) is 16.8 Å². The molecule has 1 heterocycles. The van der Waals surface area contributed by atoms with Gasteiger partial charge >= 0.3 is 0 Å². The smallest absolute Gasteiger partial charge is 0.272 e. The third-order valence-electron chi connectivity index (χ3n) is 3.64. The molecule has 2 aromatic carbocycles. The summed E-state index contributed by atoms with van der Waals surface area (Å²) < 4.78 is 0. The van der Waals surface area contributed by atoms with E-state index in [2.05, 4.69) is 20.7 Å². The Morgan fingerprint density at radius 1 is 1.12 bits per heavy atom. The number of hydrazone groups is 1. The van der Waals surface area contributed by atoms with Crippen molar-refractivity contribution >= 4 is 35.3 Å². The fraction of sp³-hybridized carbons (Fsp3) is 0.0556. The van der Waals surface area contributed by atoms with Crippen LogP contribution in [0.15, 0.2) is 53.6 Å². The number of rotatable bonds is 4. The molecule has 0 atom stereocenters. The van der Waals surface area contributed by atoms with Gasteiger partial charge in [-0.15, -0.1) is 0 Å². The highest BCUT2D eigenvalue weighted by Crippen LogP contribution is 2.23. The van der Waals surface area contributed by atoms with Gasteiger partial charge in [0.15, 0.2) is 0 Å². The molecule has 5 nitrogen and oxygen atoms in total. The maximum absolute atomic E-state index is 12.3. The molecule has 126 valence electrons. The van der Waals surface area contributed by atoms with E-state index in [1.807, 2.05) is 37.3 Å².